The standard InChI is InChI=1S/C10H5ClF4/c11-7(9(13)10(14)15)8(12)6-4-2-1-3-5-6/h1-5H/b8-7+. The highest BCUT2D eigenvalue weighted by molar-refractivity contribution is 6.34. The summed E-state index contributed by atoms with van der Waals surface area (Å²) in [7, 11) is 0. The maximum atomic E-state index is 13.3. The van der Waals surface area contributed by atoms with E-state index < -0.39 is 22.8 Å². The predicted molar refractivity (Wildman–Crippen MR) is 50.7 cm³/mol. The summed E-state index contributed by atoms with van der Waals surface area (Å²) in [5, 5.41) is -1.22. The number of hydrogen-bond donors (Lipinski definition) is 0. The minimum absolute atomic E-state index is 0.0566. The molecule has 0 spiro atoms. The Labute approximate surface area is 88.5 Å². The Morgan fingerprint density at radius 2 is 1.47 bits per heavy atom. The van der Waals surface area contributed by atoms with E-state index in [2.05, 4.69) is 0 Å². The first-order valence-electron chi connectivity index (χ1n) is 3.86. The van der Waals surface area contributed by atoms with Gasteiger partial charge in [0.1, 0.15) is 5.03 Å². The summed E-state index contributed by atoms with van der Waals surface area (Å²) in [6.45, 7) is 0. The third kappa shape index (κ3) is 2.83. The van der Waals surface area contributed by atoms with Crippen LogP contribution in [0, 0.1) is 0 Å². The Morgan fingerprint density at radius 1 is 0.933 bits per heavy atom. The molecule has 0 atom stereocenters. The van der Waals surface area contributed by atoms with Crippen molar-refractivity contribution in [3.63, 3.8) is 0 Å². The van der Waals surface area contributed by atoms with Gasteiger partial charge in [-0.25, -0.2) is 4.39 Å². The maximum absolute atomic E-state index is 13.3. The zero-order valence-electron chi connectivity index (χ0n) is 7.28. The summed E-state index contributed by atoms with van der Waals surface area (Å²) in [5.41, 5.74) is -0.0566. The van der Waals surface area contributed by atoms with Crippen molar-refractivity contribution in [2.45, 2.75) is 0 Å². The fraction of sp³-hybridized carbons (Fsp3) is 0. The smallest absolute Gasteiger partial charge is 0.205 e. The molecule has 0 nitrogen and oxygen atoms in total. The first kappa shape index (κ1) is 11.8. The molecule has 15 heavy (non-hydrogen) atoms. The molecule has 0 amide bonds. The Morgan fingerprint density at radius 3 is 1.93 bits per heavy atom. The third-order valence-corrected chi connectivity index (χ3v) is 1.91. The third-order valence-electron chi connectivity index (χ3n) is 1.58. The van der Waals surface area contributed by atoms with Crippen LogP contribution in [0.2, 0.25) is 0 Å². The van der Waals surface area contributed by atoms with Crippen LogP contribution in [0.25, 0.3) is 5.83 Å². The van der Waals surface area contributed by atoms with Crippen molar-refractivity contribution >= 4 is 17.4 Å². The van der Waals surface area contributed by atoms with Crippen molar-refractivity contribution in [2.75, 3.05) is 0 Å². The Kier molecular flexibility index (Phi) is 3.91. The van der Waals surface area contributed by atoms with Crippen molar-refractivity contribution in [3.05, 3.63) is 52.8 Å². The van der Waals surface area contributed by atoms with E-state index in [-0.39, 0.29) is 5.56 Å². The highest BCUT2D eigenvalue weighted by Gasteiger charge is 2.16. The lowest BCUT2D eigenvalue weighted by Gasteiger charge is -1.99. The molecule has 0 unspecified atom stereocenters. The highest BCUT2D eigenvalue weighted by atomic mass is 35.5. The molecule has 0 aromatic heterocycles. The van der Waals surface area contributed by atoms with E-state index in [0.29, 0.717) is 0 Å². The van der Waals surface area contributed by atoms with E-state index in [1.165, 1.54) is 24.3 Å². The molecule has 0 radical (unpaired) electrons. The van der Waals surface area contributed by atoms with Crippen LogP contribution < -0.4 is 0 Å². The minimum atomic E-state index is -2.65. The Hall–Kier alpha value is -1.29. The molecule has 0 saturated carbocycles. The predicted octanol–water partition coefficient (Wildman–Crippen LogP) is 4.64. The number of benzene rings is 1. The average molecular weight is 237 g/mol. The second kappa shape index (κ2) is 4.98. The number of halogens is 5. The van der Waals surface area contributed by atoms with Crippen LogP contribution in [0.4, 0.5) is 17.6 Å². The molecule has 0 N–H and O–H groups in total. The number of rotatable bonds is 2. The molecule has 0 aliphatic heterocycles. The molecule has 0 fully saturated rings. The lowest BCUT2D eigenvalue weighted by molar-refractivity contribution is 0.385. The van der Waals surface area contributed by atoms with Gasteiger partial charge in [0, 0.05) is 5.56 Å². The van der Waals surface area contributed by atoms with Gasteiger partial charge in [-0.1, -0.05) is 41.9 Å². The van der Waals surface area contributed by atoms with E-state index in [1.54, 1.807) is 6.07 Å². The number of allylic oxidation sites excluding steroid dienone is 2. The second-order valence-electron chi connectivity index (χ2n) is 2.57. The van der Waals surface area contributed by atoms with Gasteiger partial charge in [0.15, 0.2) is 5.83 Å². The highest BCUT2D eigenvalue weighted by Crippen LogP contribution is 2.31. The van der Waals surface area contributed by atoms with Crippen LogP contribution in [0.1, 0.15) is 5.56 Å². The van der Waals surface area contributed by atoms with Crippen LogP contribution in [-0.4, -0.2) is 0 Å². The topological polar surface area (TPSA) is 0 Å². The molecule has 1 rings (SSSR count). The van der Waals surface area contributed by atoms with Crippen molar-refractivity contribution in [3.8, 4) is 0 Å². The Balaban J connectivity index is 3.18. The summed E-state index contributed by atoms with van der Waals surface area (Å²) in [6, 6.07) is 7.15. The zero-order valence-corrected chi connectivity index (χ0v) is 8.03. The van der Waals surface area contributed by atoms with Crippen molar-refractivity contribution in [1.29, 1.82) is 0 Å². The molecule has 5 heteroatoms. The van der Waals surface area contributed by atoms with Gasteiger partial charge < -0.3 is 0 Å². The van der Waals surface area contributed by atoms with Crippen molar-refractivity contribution in [1.82, 2.24) is 0 Å². The fourth-order valence-corrected chi connectivity index (χ4v) is 1.07. The van der Waals surface area contributed by atoms with E-state index in [9.17, 15) is 17.6 Å². The molecule has 80 valence electrons. The largest absolute Gasteiger partial charge is 0.307 e. The van der Waals surface area contributed by atoms with Crippen LogP contribution in [0.3, 0.4) is 0 Å². The van der Waals surface area contributed by atoms with Gasteiger partial charge in [-0.15, -0.1) is 0 Å². The summed E-state index contributed by atoms with van der Waals surface area (Å²) in [6.07, 6.45) is -2.65. The van der Waals surface area contributed by atoms with Gasteiger partial charge in [0.25, 0.3) is 0 Å². The van der Waals surface area contributed by atoms with E-state index in [0.717, 1.165) is 0 Å². The lowest BCUT2D eigenvalue weighted by atomic mass is 10.2. The van der Waals surface area contributed by atoms with Crippen LogP contribution in [0.5, 0.6) is 0 Å². The lowest BCUT2D eigenvalue weighted by Crippen LogP contribution is -1.84. The summed E-state index contributed by atoms with van der Waals surface area (Å²) in [5.74, 6) is -3.26. The molecular formula is C10H5ClF4. The van der Waals surface area contributed by atoms with E-state index >= 15 is 0 Å². The second-order valence-corrected chi connectivity index (χ2v) is 2.95. The van der Waals surface area contributed by atoms with Gasteiger partial charge in [-0.05, 0) is 0 Å². The average Bonchev–Trinajstić information content (AvgIpc) is 2.27. The first-order chi connectivity index (χ1) is 7.04. The van der Waals surface area contributed by atoms with Crippen LogP contribution >= 0.6 is 11.6 Å². The molecule has 0 bridgehead atoms. The number of hydrogen-bond acceptors (Lipinski definition) is 0. The van der Waals surface area contributed by atoms with Gasteiger partial charge in [-0.2, -0.15) is 13.2 Å². The van der Waals surface area contributed by atoms with Crippen LogP contribution in [-0.2, 0) is 0 Å². The van der Waals surface area contributed by atoms with Crippen molar-refractivity contribution in [2.24, 2.45) is 0 Å². The quantitative estimate of drug-likeness (QED) is 0.518. The molecule has 0 saturated heterocycles. The molecular weight excluding hydrogens is 232 g/mol. The van der Waals surface area contributed by atoms with E-state index in [1.807, 2.05) is 0 Å². The summed E-state index contributed by atoms with van der Waals surface area (Å²) >= 11 is 5.10. The summed E-state index contributed by atoms with van der Waals surface area (Å²) < 4.78 is 49.4. The van der Waals surface area contributed by atoms with Crippen molar-refractivity contribution < 1.29 is 17.6 Å². The van der Waals surface area contributed by atoms with Crippen LogP contribution in [0.15, 0.2) is 47.3 Å². The molecule has 1 aromatic carbocycles. The normalized spacial score (nSPS) is 12.1. The van der Waals surface area contributed by atoms with Gasteiger partial charge >= 0.3 is 6.08 Å². The molecule has 0 heterocycles. The van der Waals surface area contributed by atoms with Gasteiger partial charge in [0.2, 0.25) is 5.83 Å². The molecule has 1 aromatic rings. The first-order valence-corrected chi connectivity index (χ1v) is 4.23. The molecule has 0 aliphatic carbocycles. The summed E-state index contributed by atoms with van der Waals surface area (Å²) in [4.78, 5) is 0. The van der Waals surface area contributed by atoms with Gasteiger partial charge in [-0.3, -0.25) is 0 Å². The minimum Gasteiger partial charge on any atom is -0.205 e. The zero-order chi connectivity index (χ0) is 11.4. The Bertz CT molecular complexity index is 405. The fourth-order valence-electron chi connectivity index (χ4n) is 0.891. The maximum Gasteiger partial charge on any atom is 0.307 e. The SMILES string of the molecule is FC(F)=C(F)/C(Cl)=C(\F)c1ccccc1. The molecule has 0 aliphatic rings. The van der Waals surface area contributed by atoms with Gasteiger partial charge in [0.05, 0.1) is 0 Å². The monoisotopic (exact) mass is 236 g/mol. The van der Waals surface area contributed by atoms with E-state index in [4.69, 9.17) is 11.6 Å².